The first-order valence-corrected chi connectivity index (χ1v) is 5.92. The average Bonchev–Trinajstić information content (AvgIpc) is 2.86. The molecule has 5 nitrogen and oxygen atoms in total. The van der Waals surface area contributed by atoms with Crippen LogP contribution in [0.3, 0.4) is 0 Å². The highest BCUT2D eigenvalue weighted by molar-refractivity contribution is 5.76. The lowest BCUT2D eigenvalue weighted by molar-refractivity contribution is -0.131. The van der Waals surface area contributed by atoms with Crippen molar-refractivity contribution in [3.8, 4) is 0 Å². The van der Waals surface area contributed by atoms with Gasteiger partial charge in [0.2, 0.25) is 5.91 Å². The lowest BCUT2D eigenvalue weighted by Crippen LogP contribution is -2.30. The van der Waals surface area contributed by atoms with Crippen molar-refractivity contribution in [1.29, 1.82) is 0 Å². The number of ether oxygens (including phenoxy) is 1. The van der Waals surface area contributed by atoms with Crippen LogP contribution in [0.5, 0.6) is 0 Å². The van der Waals surface area contributed by atoms with Crippen molar-refractivity contribution in [2.75, 3.05) is 19.7 Å². The van der Waals surface area contributed by atoms with Crippen LogP contribution in [-0.2, 0) is 9.53 Å². The molecular formula is C11H19NO4. The maximum atomic E-state index is 11.7. The van der Waals surface area contributed by atoms with Crippen molar-refractivity contribution in [1.82, 2.24) is 4.90 Å². The summed E-state index contributed by atoms with van der Waals surface area (Å²) in [7, 11) is 0. The third kappa shape index (κ3) is 2.72. The Balaban J connectivity index is 1.71. The van der Waals surface area contributed by atoms with Crippen LogP contribution in [0.1, 0.15) is 25.7 Å². The topological polar surface area (TPSA) is 70.0 Å². The highest BCUT2D eigenvalue weighted by Gasteiger charge is 2.32. The van der Waals surface area contributed by atoms with E-state index in [2.05, 4.69) is 0 Å². The molecule has 0 aromatic carbocycles. The first-order chi connectivity index (χ1) is 7.66. The van der Waals surface area contributed by atoms with E-state index in [1.54, 1.807) is 0 Å². The van der Waals surface area contributed by atoms with Crippen molar-refractivity contribution in [2.45, 2.75) is 44.0 Å². The summed E-state index contributed by atoms with van der Waals surface area (Å²) in [5.74, 6) is 0.00565. The van der Waals surface area contributed by atoms with Gasteiger partial charge in [0.15, 0.2) is 0 Å². The number of aliphatic hydroxyl groups is 2. The minimum atomic E-state index is -0.785. The molecule has 92 valence electrons. The van der Waals surface area contributed by atoms with E-state index in [1.165, 1.54) is 4.90 Å². The Hall–Kier alpha value is -0.650. The number of likely N-dealkylation sites (tertiary alicyclic amines) is 1. The molecule has 2 saturated heterocycles. The molecule has 3 atom stereocenters. The van der Waals surface area contributed by atoms with Crippen LogP contribution in [0.2, 0.25) is 0 Å². The Bertz CT molecular complexity index is 242. The predicted molar refractivity (Wildman–Crippen MR) is 56.8 cm³/mol. The zero-order valence-electron chi connectivity index (χ0n) is 9.34. The van der Waals surface area contributed by atoms with E-state index in [9.17, 15) is 15.0 Å². The Kier molecular flexibility index (Phi) is 3.78. The zero-order chi connectivity index (χ0) is 11.5. The third-order valence-electron chi connectivity index (χ3n) is 3.32. The molecule has 2 aliphatic rings. The predicted octanol–water partition coefficient (Wildman–Crippen LogP) is -0.490. The van der Waals surface area contributed by atoms with Crippen LogP contribution >= 0.6 is 0 Å². The molecule has 2 N–H and O–H groups in total. The van der Waals surface area contributed by atoms with Crippen molar-refractivity contribution >= 4 is 5.91 Å². The molecule has 0 spiro atoms. The van der Waals surface area contributed by atoms with Gasteiger partial charge in [0.05, 0.1) is 18.3 Å². The second-order valence-corrected chi connectivity index (χ2v) is 4.61. The van der Waals surface area contributed by atoms with Crippen molar-refractivity contribution < 1.29 is 19.7 Å². The van der Waals surface area contributed by atoms with E-state index in [1.807, 2.05) is 0 Å². The van der Waals surface area contributed by atoms with Gasteiger partial charge in [-0.2, -0.15) is 0 Å². The molecule has 0 bridgehead atoms. The van der Waals surface area contributed by atoms with Gasteiger partial charge in [-0.15, -0.1) is 0 Å². The van der Waals surface area contributed by atoms with Crippen LogP contribution < -0.4 is 0 Å². The number of aliphatic hydroxyl groups excluding tert-OH is 2. The van der Waals surface area contributed by atoms with Crippen molar-refractivity contribution in [3.63, 3.8) is 0 Å². The number of amides is 1. The lowest BCUT2D eigenvalue weighted by Gasteiger charge is -2.16. The summed E-state index contributed by atoms with van der Waals surface area (Å²) in [6.45, 7) is 1.32. The Morgan fingerprint density at radius 1 is 1.31 bits per heavy atom. The molecule has 2 fully saturated rings. The van der Waals surface area contributed by atoms with E-state index in [-0.39, 0.29) is 25.1 Å². The van der Waals surface area contributed by atoms with E-state index in [4.69, 9.17) is 4.74 Å². The van der Waals surface area contributed by atoms with Crippen molar-refractivity contribution in [3.05, 3.63) is 0 Å². The molecule has 0 saturated carbocycles. The second kappa shape index (κ2) is 5.12. The first kappa shape index (κ1) is 11.8. The molecule has 0 aromatic rings. The number of rotatable bonds is 3. The normalized spacial score (nSPS) is 34.6. The van der Waals surface area contributed by atoms with E-state index >= 15 is 0 Å². The average molecular weight is 229 g/mol. The second-order valence-electron chi connectivity index (χ2n) is 4.61. The zero-order valence-corrected chi connectivity index (χ0v) is 9.34. The maximum absolute atomic E-state index is 11.7. The smallest absolute Gasteiger partial charge is 0.222 e. The van der Waals surface area contributed by atoms with Gasteiger partial charge in [0, 0.05) is 26.1 Å². The summed E-state index contributed by atoms with van der Waals surface area (Å²) in [5.41, 5.74) is 0. The Labute approximate surface area is 95.0 Å². The molecule has 1 amide bonds. The molecule has 2 aliphatic heterocycles. The summed E-state index contributed by atoms with van der Waals surface area (Å²) in [6, 6.07) is 0. The number of hydrogen-bond acceptors (Lipinski definition) is 4. The molecule has 16 heavy (non-hydrogen) atoms. The van der Waals surface area contributed by atoms with Gasteiger partial charge in [-0.1, -0.05) is 0 Å². The van der Waals surface area contributed by atoms with E-state index < -0.39 is 12.2 Å². The monoisotopic (exact) mass is 229 g/mol. The molecule has 2 rings (SSSR count). The highest BCUT2D eigenvalue weighted by Crippen LogP contribution is 2.18. The summed E-state index contributed by atoms with van der Waals surface area (Å²) >= 11 is 0. The minimum Gasteiger partial charge on any atom is -0.388 e. The van der Waals surface area contributed by atoms with E-state index in [0.717, 1.165) is 25.9 Å². The number of β-amino-alcohol motifs (C(OH)–C–C–N with tert-alkyl or cyclic N) is 2. The molecule has 0 radical (unpaired) electrons. The summed E-state index contributed by atoms with van der Waals surface area (Å²) < 4.78 is 5.44. The Morgan fingerprint density at radius 2 is 2.00 bits per heavy atom. The first-order valence-electron chi connectivity index (χ1n) is 5.92. The molecule has 0 aliphatic carbocycles. The summed E-state index contributed by atoms with van der Waals surface area (Å²) in [6.07, 6.45) is 1.98. The lowest BCUT2D eigenvalue weighted by atomic mass is 10.1. The quantitative estimate of drug-likeness (QED) is 0.685. The van der Waals surface area contributed by atoms with Gasteiger partial charge in [-0.3, -0.25) is 4.79 Å². The fourth-order valence-electron chi connectivity index (χ4n) is 2.29. The molecule has 3 unspecified atom stereocenters. The maximum Gasteiger partial charge on any atom is 0.222 e. The van der Waals surface area contributed by atoms with Crippen LogP contribution in [0, 0.1) is 0 Å². The van der Waals surface area contributed by atoms with Crippen LogP contribution in [0.15, 0.2) is 0 Å². The molecule has 0 aromatic heterocycles. The fraction of sp³-hybridized carbons (Fsp3) is 0.909. The highest BCUT2D eigenvalue weighted by atomic mass is 16.5. The standard InChI is InChI=1S/C11H19NO4/c13-9-6-12(7-10(9)14)11(15)4-3-8-2-1-5-16-8/h8-10,13-14H,1-7H2. The molecule has 2 heterocycles. The van der Waals surface area contributed by atoms with Crippen LogP contribution in [-0.4, -0.2) is 59.0 Å². The van der Waals surface area contributed by atoms with E-state index in [0.29, 0.717) is 6.42 Å². The van der Waals surface area contributed by atoms with Gasteiger partial charge in [0.1, 0.15) is 0 Å². The third-order valence-corrected chi connectivity index (χ3v) is 3.32. The Morgan fingerprint density at radius 3 is 2.56 bits per heavy atom. The van der Waals surface area contributed by atoms with Gasteiger partial charge in [0.25, 0.3) is 0 Å². The van der Waals surface area contributed by atoms with Crippen molar-refractivity contribution in [2.24, 2.45) is 0 Å². The molecule has 5 heteroatoms. The largest absolute Gasteiger partial charge is 0.388 e. The van der Waals surface area contributed by atoms with Gasteiger partial charge < -0.3 is 19.8 Å². The van der Waals surface area contributed by atoms with Crippen LogP contribution in [0.25, 0.3) is 0 Å². The van der Waals surface area contributed by atoms with Crippen LogP contribution in [0.4, 0.5) is 0 Å². The fourth-order valence-corrected chi connectivity index (χ4v) is 2.29. The van der Waals surface area contributed by atoms with Gasteiger partial charge in [-0.25, -0.2) is 0 Å². The minimum absolute atomic E-state index is 0.00565. The summed E-state index contributed by atoms with van der Waals surface area (Å²) in [4.78, 5) is 13.3. The molecular weight excluding hydrogens is 210 g/mol. The number of carbonyl (C=O) groups is 1. The number of nitrogens with zero attached hydrogens (tertiary/aromatic N) is 1. The number of carbonyl (C=O) groups excluding carboxylic acids is 1. The van der Waals surface area contributed by atoms with Gasteiger partial charge >= 0.3 is 0 Å². The van der Waals surface area contributed by atoms with Gasteiger partial charge in [-0.05, 0) is 19.3 Å². The summed E-state index contributed by atoms with van der Waals surface area (Å²) in [5, 5.41) is 18.7. The number of hydrogen-bond donors (Lipinski definition) is 2. The SMILES string of the molecule is O=C(CCC1CCCO1)N1CC(O)C(O)C1.